The number of aliphatic hydroxyl groups is 1. The largest absolute Gasteiger partial charge is 0.392 e. The van der Waals surface area contributed by atoms with Crippen LogP contribution < -0.4 is 5.32 Å². The minimum Gasteiger partial charge on any atom is -0.392 e. The van der Waals surface area contributed by atoms with Crippen LogP contribution >= 0.6 is 0 Å². The predicted octanol–water partition coefficient (Wildman–Crippen LogP) is 1.29. The van der Waals surface area contributed by atoms with Crippen molar-refractivity contribution in [2.75, 3.05) is 18.4 Å². The van der Waals surface area contributed by atoms with Crippen molar-refractivity contribution < 1.29 is 9.90 Å². The number of piperidine rings is 1. The van der Waals surface area contributed by atoms with Gasteiger partial charge in [-0.1, -0.05) is 13.8 Å². The summed E-state index contributed by atoms with van der Waals surface area (Å²) in [5.41, 5.74) is 0.267. The molecule has 3 rings (SSSR count). The summed E-state index contributed by atoms with van der Waals surface area (Å²) in [6, 6.07) is 1.53. The second kappa shape index (κ2) is 5.96. The van der Waals surface area contributed by atoms with Gasteiger partial charge < -0.3 is 15.3 Å². The van der Waals surface area contributed by atoms with Crippen molar-refractivity contribution >= 4 is 11.7 Å². The molecule has 0 spiro atoms. The Hall–Kier alpha value is -2.48. The van der Waals surface area contributed by atoms with Crippen LogP contribution in [0.15, 0.2) is 30.9 Å². The fourth-order valence-electron chi connectivity index (χ4n) is 2.63. The third-order valence-corrected chi connectivity index (χ3v) is 4.05. The lowest BCUT2D eigenvalue weighted by Gasteiger charge is -2.41. The highest BCUT2D eigenvalue weighted by Crippen LogP contribution is 2.29. The average molecular weight is 316 g/mol. The van der Waals surface area contributed by atoms with E-state index in [1.807, 2.05) is 13.8 Å². The molecule has 2 aromatic heterocycles. The highest BCUT2D eigenvalue weighted by Gasteiger charge is 2.36. The monoisotopic (exact) mass is 316 g/mol. The molecule has 2 aromatic rings. The van der Waals surface area contributed by atoms with Crippen LogP contribution in [0.3, 0.4) is 0 Å². The third kappa shape index (κ3) is 3.31. The van der Waals surface area contributed by atoms with Crippen molar-refractivity contribution in [3.05, 3.63) is 30.9 Å². The van der Waals surface area contributed by atoms with Crippen LogP contribution in [0, 0.1) is 5.41 Å². The van der Waals surface area contributed by atoms with Gasteiger partial charge in [0.05, 0.1) is 24.2 Å². The van der Waals surface area contributed by atoms with E-state index in [1.165, 1.54) is 4.68 Å². The predicted molar refractivity (Wildman–Crippen MR) is 84.2 cm³/mol. The van der Waals surface area contributed by atoms with Gasteiger partial charge in [-0.2, -0.15) is 5.10 Å². The number of amides is 2. The van der Waals surface area contributed by atoms with Gasteiger partial charge in [0, 0.05) is 30.9 Å². The first kappa shape index (κ1) is 15.4. The Bertz CT molecular complexity index is 684. The van der Waals surface area contributed by atoms with Crippen LogP contribution in [0.1, 0.15) is 20.3 Å². The molecule has 8 nitrogen and oxygen atoms in total. The van der Waals surface area contributed by atoms with Gasteiger partial charge in [-0.15, -0.1) is 0 Å². The number of hydrogen-bond donors (Lipinski definition) is 2. The van der Waals surface area contributed by atoms with Crippen LogP contribution in [-0.4, -0.2) is 55.0 Å². The third-order valence-electron chi connectivity index (χ3n) is 4.05. The number of nitrogens with one attached hydrogen (secondary N) is 1. The van der Waals surface area contributed by atoms with Gasteiger partial charge in [0.25, 0.3) is 0 Å². The molecule has 1 fully saturated rings. The summed E-state index contributed by atoms with van der Waals surface area (Å²) in [6.07, 6.45) is 6.67. The summed E-state index contributed by atoms with van der Waals surface area (Å²) in [5.74, 6) is 0.440. The van der Waals surface area contributed by atoms with Crippen LogP contribution in [0.2, 0.25) is 0 Å². The number of aromatic nitrogens is 4. The molecule has 0 radical (unpaired) electrons. The van der Waals surface area contributed by atoms with Gasteiger partial charge in [-0.25, -0.2) is 19.4 Å². The van der Waals surface area contributed by atoms with E-state index in [4.69, 9.17) is 0 Å². The van der Waals surface area contributed by atoms with Gasteiger partial charge in [-0.3, -0.25) is 0 Å². The Kier molecular flexibility index (Phi) is 3.99. The molecule has 0 saturated carbocycles. The van der Waals surface area contributed by atoms with Gasteiger partial charge in [-0.05, 0) is 12.5 Å². The summed E-state index contributed by atoms with van der Waals surface area (Å²) in [5, 5.41) is 16.9. The summed E-state index contributed by atoms with van der Waals surface area (Å²) in [7, 11) is 0. The van der Waals surface area contributed by atoms with Gasteiger partial charge in [0.15, 0.2) is 0 Å². The minimum absolute atomic E-state index is 0.196. The quantitative estimate of drug-likeness (QED) is 0.870. The maximum atomic E-state index is 12.4. The summed E-state index contributed by atoms with van der Waals surface area (Å²) >= 11 is 0. The van der Waals surface area contributed by atoms with E-state index < -0.39 is 0 Å². The van der Waals surface area contributed by atoms with E-state index in [2.05, 4.69) is 20.4 Å². The van der Waals surface area contributed by atoms with Crippen LogP contribution in [-0.2, 0) is 0 Å². The maximum absolute atomic E-state index is 12.4. The fraction of sp³-hybridized carbons (Fsp3) is 0.467. The molecule has 8 heteroatoms. The Morgan fingerprint density at radius 3 is 2.83 bits per heavy atom. The number of urea groups is 1. The van der Waals surface area contributed by atoms with Crippen molar-refractivity contribution in [3.8, 4) is 5.95 Å². The summed E-state index contributed by atoms with van der Waals surface area (Å²) in [4.78, 5) is 22.3. The first-order valence-corrected chi connectivity index (χ1v) is 7.52. The molecule has 2 amide bonds. The van der Waals surface area contributed by atoms with E-state index in [9.17, 15) is 9.90 Å². The van der Waals surface area contributed by atoms with E-state index >= 15 is 0 Å². The minimum atomic E-state index is -0.385. The summed E-state index contributed by atoms with van der Waals surface area (Å²) < 4.78 is 1.50. The Morgan fingerprint density at radius 1 is 1.39 bits per heavy atom. The van der Waals surface area contributed by atoms with Crippen molar-refractivity contribution in [1.29, 1.82) is 0 Å². The number of rotatable bonds is 2. The average Bonchev–Trinajstić information content (AvgIpc) is 2.99. The van der Waals surface area contributed by atoms with Crippen molar-refractivity contribution in [1.82, 2.24) is 24.6 Å². The highest BCUT2D eigenvalue weighted by molar-refractivity contribution is 5.89. The van der Waals surface area contributed by atoms with E-state index in [-0.39, 0.29) is 17.6 Å². The zero-order valence-corrected chi connectivity index (χ0v) is 13.2. The SMILES string of the molecule is CC1(C)CN(C(=O)Nc2cnn(-c3ncccn3)c2)CCC1O. The van der Waals surface area contributed by atoms with E-state index in [0.29, 0.717) is 31.1 Å². The summed E-state index contributed by atoms with van der Waals surface area (Å²) in [6.45, 7) is 4.96. The van der Waals surface area contributed by atoms with Gasteiger partial charge in [0.1, 0.15) is 0 Å². The van der Waals surface area contributed by atoms with Crippen molar-refractivity contribution in [2.45, 2.75) is 26.4 Å². The number of carbonyl (C=O) groups excluding carboxylic acids is 1. The molecule has 2 N–H and O–H groups in total. The fourth-order valence-corrected chi connectivity index (χ4v) is 2.63. The molecular formula is C15H20N6O2. The van der Waals surface area contributed by atoms with E-state index in [1.54, 1.807) is 35.8 Å². The van der Waals surface area contributed by atoms with Gasteiger partial charge >= 0.3 is 6.03 Å². The van der Waals surface area contributed by atoms with Gasteiger partial charge in [0.2, 0.25) is 5.95 Å². The first-order valence-electron chi connectivity index (χ1n) is 7.52. The number of anilines is 1. The van der Waals surface area contributed by atoms with E-state index in [0.717, 1.165) is 0 Å². The second-order valence-corrected chi connectivity index (χ2v) is 6.37. The molecule has 23 heavy (non-hydrogen) atoms. The van der Waals surface area contributed by atoms with Crippen LogP contribution in [0.5, 0.6) is 0 Å². The molecule has 1 aliphatic rings. The number of hydrogen-bond acceptors (Lipinski definition) is 5. The highest BCUT2D eigenvalue weighted by atomic mass is 16.3. The number of carbonyl (C=O) groups is 1. The molecule has 0 bridgehead atoms. The first-order chi connectivity index (χ1) is 11.0. The number of aliphatic hydroxyl groups excluding tert-OH is 1. The molecule has 0 aromatic carbocycles. The lowest BCUT2D eigenvalue weighted by Crippen LogP contribution is -2.51. The van der Waals surface area contributed by atoms with Crippen LogP contribution in [0.25, 0.3) is 5.95 Å². The Balaban J connectivity index is 1.66. The number of likely N-dealkylation sites (tertiary alicyclic amines) is 1. The lowest BCUT2D eigenvalue weighted by molar-refractivity contribution is -0.00966. The molecule has 3 heterocycles. The zero-order chi connectivity index (χ0) is 16.4. The molecule has 1 unspecified atom stereocenters. The molecule has 0 aliphatic carbocycles. The molecule has 1 aliphatic heterocycles. The molecule has 1 atom stereocenters. The Morgan fingerprint density at radius 2 is 2.13 bits per heavy atom. The van der Waals surface area contributed by atoms with Crippen molar-refractivity contribution in [2.24, 2.45) is 5.41 Å². The van der Waals surface area contributed by atoms with Crippen molar-refractivity contribution in [3.63, 3.8) is 0 Å². The maximum Gasteiger partial charge on any atom is 0.321 e. The van der Waals surface area contributed by atoms with Crippen LogP contribution in [0.4, 0.5) is 10.5 Å². The Labute approximate surface area is 134 Å². The zero-order valence-electron chi connectivity index (χ0n) is 13.2. The standard InChI is InChI=1S/C15H20N6O2/c1-15(2)10-20(7-4-12(15)22)14(23)19-11-8-18-21(9-11)13-16-5-3-6-17-13/h3,5-6,8-9,12,22H,4,7,10H2,1-2H3,(H,19,23). The number of nitrogens with zero attached hydrogens (tertiary/aromatic N) is 5. The molecule has 122 valence electrons. The molecule has 1 saturated heterocycles. The topological polar surface area (TPSA) is 96.2 Å². The normalized spacial score (nSPS) is 20.3. The molecular weight excluding hydrogens is 296 g/mol. The second-order valence-electron chi connectivity index (χ2n) is 6.37. The lowest BCUT2D eigenvalue weighted by atomic mass is 9.81. The smallest absolute Gasteiger partial charge is 0.321 e.